The van der Waals surface area contributed by atoms with Crippen molar-refractivity contribution < 1.29 is 4.79 Å². The van der Waals surface area contributed by atoms with E-state index in [4.69, 9.17) is 5.10 Å². The molecule has 3 aromatic carbocycles. The van der Waals surface area contributed by atoms with Crippen LogP contribution in [0, 0.1) is 6.92 Å². The van der Waals surface area contributed by atoms with Crippen LogP contribution in [0.3, 0.4) is 0 Å². The molecule has 32 heavy (non-hydrogen) atoms. The number of para-hydroxylation sites is 1. The first kappa shape index (κ1) is 20.2. The van der Waals surface area contributed by atoms with E-state index in [-0.39, 0.29) is 5.91 Å². The number of benzene rings is 3. The Labute approximate surface area is 191 Å². The highest BCUT2D eigenvalue weighted by molar-refractivity contribution is 7.20. The van der Waals surface area contributed by atoms with Crippen LogP contribution in [0.5, 0.6) is 0 Å². The molecule has 2 heterocycles. The number of thiophene rings is 1. The number of hydrogen-bond acceptors (Lipinski definition) is 3. The highest BCUT2D eigenvalue weighted by Gasteiger charge is 2.22. The molecular formula is C27H23N3OS. The van der Waals surface area contributed by atoms with Crippen molar-refractivity contribution in [3.63, 3.8) is 0 Å². The molecule has 2 aromatic heterocycles. The van der Waals surface area contributed by atoms with Crippen molar-refractivity contribution in [3.05, 3.63) is 119 Å². The Morgan fingerprint density at radius 3 is 1.94 bits per heavy atom. The molecule has 0 unspecified atom stereocenters. The lowest BCUT2D eigenvalue weighted by molar-refractivity contribution is 0.0735. The topological polar surface area (TPSA) is 38.1 Å². The summed E-state index contributed by atoms with van der Waals surface area (Å²) >= 11 is 1.51. The lowest BCUT2D eigenvalue weighted by atomic mass is 10.1. The van der Waals surface area contributed by atoms with Crippen molar-refractivity contribution >= 4 is 27.5 Å². The van der Waals surface area contributed by atoms with Crippen LogP contribution in [0.2, 0.25) is 0 Å². The second kappa shape index (κ2) is 8.81. The molecule has 0 fully saturated rings. The zero-order chi connectivity index (χ0) is 21.9. The number of hydrogen-bond donors (Lipinski definition) is 0. The molecule has 1 amide bonds. The zero-order valence-electron chi connectivity index (χ0n) is 17.8. The maximum Gasteiger partial charge on any atom is 0.264 e. The number of carbonyl (C=O) groups is 1. The normalized spacial score (nSPS) is 11.0. The van der Waals surface area contributed by atoms with Gasteiger partial charge in [-0.25, -0.2) is 4.68 Å². The summed E-state index contributed by atoms with van der Waals surface area (Å²) in [4.78, 5) is 17.3. The minimum absolute atomic E-state index is 0.0397. The van der Waals surface area contributed by atoms with Gasteiger partial charge in [-0.3, -0.25) is 4.79 Å². The number of nitrogens with zero attached hydrogens (tertiary/aromatic N) is 3. The van der Waals surface area contributed by atoms with E-state index in [1.807, 2.05) is 89.3 Å². The van der Waals surface area contributed by atoms with Crippen LogP contribution in [0.15, 0.2) is 97.1 Å². The SMILES string of the molecule is Cc1nn(-c2ccccc2)c2sc(C(=O)N(Cc3ccccc3)Cc3ccccc3)cc12. The number of aryl methyl sites for hydroxylation is 1. The third-order valence-corrected chi connectivity index (χ3v) is 6.57. The molecule has 0 bridgehead atoms. The first-order valence-corrected chi connectivity index (χ1v) is 11.4. The quantitative estimate of drug-likeness (QED) is 0.315. The van der Waals surface area contributed by atoms with Gasteiger partial charge in [0.2, 0.25) is 0 Å². The van der Waals surface area contributed by atoms with Gasteiger partial charge in [-0.1, -0.05) is 78.9 Å². The van der Waals surface area contributed by atoms with E-state index in [0.717, 1.165) is 37.6 Å². The van der Waals surface area contributed by atoms with E-state index in [0.29, 0.717) is 13.1 Å². The van der Waals surface area contributed by atoms with Gasteiger partial charge in [-0.2, -0.15) is 5.10 Å². The molecule has 0 saturated heterocycles. The standard InChI is InChI=1S/C27H23N3OS/c1-20-24-17-25(32-27(24)30(28-20)23-15-9-4-10-16-23)26(31)29(18-21-11-5-2-6-12-21)19-22-13-7-3-8-14-22/h2-17H,18-19H2,1H3. The molecule has 5 heteroatoms. The Kier molecular flexibility index (Phi) is 5.57. The van der Waals surface area contributed by atoms with Gasteiger partial charge in [0.05, 0.1) is 16.3 Å². The van der Waals surface area contributed by atoms with Crippen molar-refractivity contribution in [2.75, 3.05) is 0 Å². The number of aromatic nitrogens is 2. The minimum Gasteiger partial charge on any atom is -0.329 e. The molecule has 0 aliphatic carbocycles. The molecule has 0 radical (unpaired) electrons. The summed E-state index contributed by atoms with van der Waals surface area (Å²) < 4.78 is 1.94. The van der Waals surface area contributed by atoms with Crippen LogP contribution in [0.25, 0.3) is 15.9 Å². The Bertz CT molecular complexity index is 1300. The van der Waals surface area contributed by atoms with Gasteiger partial charge in [0.15, 0.2) is 0 Å². The third kappa shape index (κ3) is 4.07. The van der Waals surface area contributed by atoms with E-state index in [1.54, 1.807) is 0 Å². The van der Waals surface area contributed by atoms with Crippen LogP contribution in [-0.2, 0) is 13.1 Å². The Morgan fingerprint density at radius 2 is 1.38 bits per heavy atom. The average molecular weight is 438 g/mol. The molecule has 4 nitrogen and oxygen atoms in total. The second-order valence-electron chi connectivity index (χ2n) is 7.79. The number of rotatable bonds is 6. The highest BCUT2D eigenvalue weighted by Crippen LogP contribution is 2.31. The van der Waals surface area contributed by atoms with Gasteiger partial charge in [-0.05, 0) is 36.2 Å². The van der Waals surface area contributed by atoms with Crippen LogP contribution in [0.1, 0.15) is 26.5 Å². The molecule has 0 atom stereocenters. The average Bonchev–Trinajstić information content (AvgIpc) is 3.41. The maximum absolute atomic E-state index is 13.7. The summed E-state index contributed by atoms with van der Waals surface area (Å²) in [5.41, 5.74) is 4.16. The zero-order valence-corrected chi connectivity index (χ0v) is 18.6. The van der Waals surface area contributed by atoms with Gasteiger partial charge < -0.3 is 4.90 Å². The first-order valence-electron chi connectivity index (χ1n) is 10.6. The van der Waals surface area contributed by atoms with Gasteiger partial charge in [-0.15, -0.1) is 11.3 Å². The van der Waals surface area contributed by atoms with E-state index in [1.165, 1.54) is 11.3 Å². The molecule has 0 saturated carbocycles. The molecule has 0 aliphatic rings. The summed E-state index contributed by atoms with van der Waals surface area (Å²) in [7, 11) is 0. The summed E-state index contributed by atoms with van der Waals surface area (Å²) in [6.45, 7) is 3.12. The fraction of sp³-hybridized carbons (Fsp3) is 0.111. The fourth-order valence-corrected chi connectivity index (χ4v) is 5.01. The van der Waals surface area contributed by atoms with Gasteiger partial charge in [0.1, 0.15) is 4.83 Å². The van der Waals surface area contributed by atoms with Crippen LogP contribution in [0.4, 0.5) is 0 Å². The van der Waals surface area contributed by atoms with E-state index < -0.39 is 0 Å². The minimum atomic E-state index is 0.0397. The molecular weight excluding hydrogens is 414 g/mol. The molecule has 5 aromatic rings. The van der Waals surface area contributed by atoms with Crippen LogP contribution < -0.4 is 0 Å². The summed E-state index contributed by atoms with van der Waals surface area (Å²) in [6, 6.07) is 32.3. The van der Waals surface area contributed by atoms with Crippen molar-refractivity contribution in [3.8, 4) is 5.69 Å². The van der Waals surface area contributed by atoms with Crippen molar-refractivity contribution in [2.45, 2.75) is 20.0 Å². The largest absolute Gasteiger partial charge is 0.329 e. The van der Waals surface area contributed by atoms with E-state index in [2.05, 4.69) is 24.3 Å². The lowest BCUT2D eigenvalue weighted by Crippen LogP contribution is -2.29. The van der Waals surface area contributed by atoms with Gasteiger partial charge in [0.25, 0.3) is 5.91 Å². The summed E-state index contributed by atoms with van der Waals surface area (Å²) in [6.07, 6.45) is 0. The molecule has 0 N–H and O–H groups in total. The number of carbonyl (C=O) groups excluding carboxylic acids is 1. The van der Waals surface area contributed by atoms with Crippen molar-refractivity contribution in [2.24, 2.45) is 0 Å². The predicted molar refractivity (Wildman–Crippen MR) is 130 cm³/mol. The highest BCUT2D eigenvalue weighted by atomic mass is 32.1. The van der Waals surface area contributed by atoms with E-state index in [9.17, 15) is 4.79 Å². The number of fused-ring (bicyclic) bond motifs is 1. The predicted octanol–water partition coefficient (Wildman–Crippen LogP) is 6.24. The summed E-state index contributed by atoms with van der Waals surface area (Å²) in [5, 5.41) is 5.73. The van der Waals surface area contributed by atoms with Crippen LogP contribution in [-0.4, -0.2) is 20.6 Å². The maximum atomic E-state index is 13.7. The van der Waals surface area contributed by atoms with Gasteiger partial charge >= 0.3 is 0 Å². The first-order chi connectivity index (χ1) is 15.7. The van der Waals surface area contributed by atoms with E-state index >= 15 is 0 Å². The third-order valence-electron chi connectivity index (χ3n) is 5.48. The Morgan fingerprint density at radius 1 is 0.844 bits per heavy atom. The van der Waals surface area contributed by atoms with Crippen molar-refractivity contribution in [1.82, 2.24) is 14.7 Å². The molecule has 0 aliphatic heterocycles. The van der Waals surface area contributed by atoms with Gasteiger partial charge in [0, 0.05) is 18.5 Å². The molecule has 0 spiro atoms. The Balaban J connectivity index is 1.51. The molecule has 5 rings (SSSR count). The Hall–Kier alpha value is -3.70. The number of amides is 1. The second-order valence-corrected chi connectivity index (χ2v) is 8.83. The summed E-state index contributed by atoms with van der Waals surface area (Å²) in [5.74, 6) is 0.0397. The van der Waals surface area contributed by atoms with Crippen LogP contribution >= 0.6 is 11.3 Å². The lowest BCUT2D eigenvalue weighted by Gasteiger charge is -2.22. The monoisotopic (exact) mass is 437 g/mol. The van der Waals surface area contributed by atoms with Crippen molar-refractivity contribution in [1.29, 1.82) is 0 Å². The smallest absolute Gasteiger partial charge is 0.264 e. The molecule has 158 valence electrons. The fourth-order valence-electron chi connectivity index (χ4n) is 3.86.